The molecule has 0 saturated carbocycles. The van der Waals surface area contributed by atoms with Gasteiger partial charge in [-0.2, -0.15) is 0 Å². The zero-order valence-corrected chi connectivity index (χ0v) is 64.9. The monoisotopic (exact) mass is 1220 g/mol. The zero-order valence-electron chi connectivity index (χ0n) is 57.7. The summed E-state index contributed by atoms with van der Waals surface area (Å²) >= 11 is 0. The third-order valence-electron chi connectivity index (χ3n) is 5.20. The Labute approximate surface area is 552 Å². The van der Waals surface area contributed by atoms with E-state index in [0.717, 1.165) is 0 Å². The van der Waals surface area contributed by atoms with Crippen LogP contribution in [0.4, 0.5) is 0 Å². The molecule has 0 rings (SSSR count). The summed E-state index contributed by atoms with van der Waals surface area (Å²) in [5, 5.41) is 119. The van der Waals surface area contributed by atoms with Gasteiger partial charge in [-0.15, -0.1) is 79.3 Å². The number of hydrogen-bond donors (Lipinski definition) is 0. The Balaban J connectivity index is -0.0000000367. The second-order valence-corrected chi connectivity index (χ2v) is 32.5. The van der Waals surface area contributed by atoms with Crippen LogP contribution in [0, 0.1) is 65.0 Å². The summed E-state index contributed by atoms with van der Waals surface area (Å²) in [6, 6.07) is 0. The molecule has 0 saturated heterocycles. The molecule has 456 valence electrons. The summed E-state index contributed by atoms with van der Waals surface area (Å²) in [5.41, 5.74) is -0.167. The minimum absolute atomic E-state index is 0. The topological polar surface area (TPSA) is 277 Å². The molecule has 0 aliphatic carbocycles. The second kappa shape index (κ2) is 61.1. The largest absolute Gasteiger partial charge is 3.00 e. The van der Waals surface area contributed by atoms with E-state index in [1.54, 1.807) is 0 Å². The first kappa shape index (κ1) is 121. The van der Waals surface area contributed by atoms with Crippen LogP contribution in [0.5, 0.6) is 0 Å². The van der Waals surface area contributed by atoms with E-state index in [9.17, 15) is 61.3 Å². The molecule has 0 aromatic carbocycles. The maximum Gasteiger partial charge on any atom is 3.00 e. The summed E-state index contributed by atoms with van der Waals surface area (Å²) < 4.78 is 0. The van der Waals surface area contributed by atoms with Gasteiger partial charge in [0.25, 0.3) is 0 Å². The van der Waals surface area contributed by atoms with Gasteiger partial charge in [0.1, 0.15) is 0 Å². The maximum absolute atomic E-state index is 9.95. The van der Waals surface area contributed by atoms with E-state index in [-0.39, 0.29) is 248 Å². The van der Waals surface area contributed by atoms with Crippen molar-refractivity contribution in [2.24, 2.45) is 65.0 Å². The van der Waals surface area contributed by atoms with Crippen LogP contribution in [-0.2, 0) is 103 Å². The molecule has 0 aromatic rings. The standard InChI is InChI=1S/12C5H11O.4Sc/c12*1-5(2,3)4-6;;;;/h12*4H2,1-3H3;;;;/q12*-1;4*+3. The molecule has 0 amide bonds. The fraction of sp³-hybridized carbons (Fsp3) is 1.00. The fourth-order valence-electron chi connectivity index (χ4n) is 0. The molecule has 0 fully saturated rings. The first-order chi connectivity index (χ1) is 30.7. The Kier molecular flexibility index (Phi) is 97.4. The number of hydrogen-bond acceptors (Lipinski definition) is 12. The predicted molar refractivity (Wildman–Crippen MR) is 292 cm³/mol. The van der Waals surface area contributed by atoms with E-state index in [0.29, 0.717) is 0 Å². The Hall–Kier alpha value is 3.00. The molecule has 0 spiro atoms. The van der Waals surface area contributed by atoms with Gasteiger partial charge >= 0.3 is 103 Å². The minimum atomic E-state index is -0.0139. The second-order valence-electron chi connectivity index (χ2n) is 32.5. The molecule has 0 heterocycles. The van der Waals surface area contributed by atoms with E-state index in [4.69, 9.17) is 0 Å². The Morgan fingerprint density at radius 3 is 0.132 bits per heavy atom. The Bertz CT molecular complexity index is 728. The first-order valence-corrected chi connectivity index (χ1v) is 25.7. The van der Waals surface area contributed by atoms with Crippen LogP contribution in [0.15, 0.2) is 0 Å². The van der Waals surface area contributed by atoms with Gasteiger partial charge in [0.15, 0.2) is 0 Å². The summed E-state index contributed by atoms with van der Waals surface area (Å²) in [6.07, 6.45) is 0. The van der Waals surface area contributed by atoms with Crippen LogP contribution >= 0.6 is 0 Å². The van der Waals surface area contributed by atoms with Gasteiger partial charge in [0.05, 0.1) is 0 Å². The van der Waals surface area contributed by atoms with Crippen molar-refractivity contribution in [3.63, 3.8) is 0 Å². The molecule has 16 heteroatoms. The van der Waals surface area contributed by atoms with Crippen molar-refractivity contribution in [1.82, 2.24) is 0 Å². The van der Waals surface area contributed by atoms with Crippen LogP contribution in [0.3, 0.4) is 0 Å². The van der Waals surface area contributed by atoms with Crippen LogP contribution in [0.25, 0.3) is 0 Å². The summed E-state index contributed by atoms with van der Waals surface area (Å²) in [4.78, 5) is 0. The third kappa shape index (κ3) is 292. The molecule has 76 heavy (non-hydrogen) atoms. The Morgan fingerprint density at radius 1 is 0.118 bits per heavy atom. The summed E-state index contributed by atoms with van der Waals surface area (Å²) in [6.45, 7) is 69.8. The molecule has 0 aromatic heterocycles. The fourth-order valence-corrected chi connectivity index (χ4v) is 0. The normalized spacial score (nSPS) is 11.4. The minimum Gasteiger partial charge on any atom is -0.854 e. The van der Waals surface area contributed by atoms with Crippen molar-refractivity contribution in [3.05, 3.63) is 0 Å². The summed E-state index contributed by atoms with van der Waals surface area (Å²) in [5.74, 6) is 0. The van der Waals surface area contributed by atoms with E-state index >= 15 is 0 Å². The van der Waals surface area contributed by atoms with E-state index in [1.165, 1.54) is 0 Å². The van der Waals surface area contributed by atoms with Gasteiger partial charge in [-0.1, -0.05) is 314 Å². The quantitative estimate of drug-likeness (QED) is 0.319. The summed E-state index contributed by atoms with van der Waals surface area (Å²) in [7, 11) is 0. The van der Waals surface area contributed by atoms with E-state index in [1.807, 2.05) is 249 Å². The predicted octanol–water partition coefficient (Wildman–Crippen LogP) is 4.70. The van der Waals surface area contributed by atoms with Crippen LogP contribution < -0.4 is 61.3 Å². The van der Waals surface area contributed by atoms with Crippen molar-refractivity contribution in [1.29, 1.82) is 0 Å². The molecule has 0 unspecified atom stereocenters. The van der Waals surface area contributed by atoms with Crippen molar-refractivity contribution >= 4 is 0 Å². The first-order valence-electron chi connectivity index (χ1n) is 25.7. The van der Waals surface area contributed by atoms with E-state index < -0.39 is 0 Å². The molecule has 0 aliphatic heterocycles. The molecular formula is C60H132O12Sc4. The Morgan fingerprint density at radius 2 is 0.132 bits per heavy atom. The number of rotatable bonds is 0. The van der Waals surface area contributed by atoms with Gasteiger partial charge in [0, 0.05) is 0 Å². The van der Waals surface area contributed by atoms with Crippen molar-refractivity contribution in [2.45, 2.75) is 249 Å². The van der Waals surface area contributed by atoms with Gasteiger partial charge < -0.3 is 61.3 Å². The SMILES string of the molecule is CC(C)(C)C[O-].CC(C)(C)C[O-].CC(C)(C)C[O-].CC(C)(C)C[O-].CC(C)(C)C[O-].CC(C)(C)C[O-].CC(C)(C)C[O-].CC(C)(C)C[O-].CC(C)(C)C[O-].CC(C)(C)C[O-].CC(C)(C)C[O-].CC(C)(C)C[O-].[Sc+3].[Sc+3].[Sc+3].[Sc+3]. The van der Waals surface area contributed by atoms with Crippen LogP contribution in [-0.4, -0.2) is 79.3 Å². The van der Waals surface area contributed by atoms with Crippen molar-refractivity contribution < 1.29 is 165 Å². The van der Waals surface area contributed by atoms with Crippen LogP contribution in [0.1, 0.15) is 249 Å². The average molecular weight is 1230 g/mol. The molecule has 0 N–H and O–H groups in total. The molecular weight excluding hydrogens is 1090 g/mol. The molecule has 0 radical (unpaired) electrons. The average Bonchev–Trinajstić information content (AvgIpc) is 3.17. The van der Waals surface area contributed by atoms with Gasteiger partial charge in [0.2, 0.25) is 0 Å². The molecule has 0 atom stereocenters. The third-order valence-corrected chi connectivity index (χ3v) is 5.20. The van der Waals surface area contributed by atoms with Crippen molar-refractivity contribution in [2.75, 3.05) is 79.3 Å². The van der Waals surface area contributed by atoms with Gasteiger partial charge in [-0.25, -0.2) is 0 Å². The zero-order chi connectivity index (χ0) is 62.5. The van der Waals surface area contributed by atoms with Gasteiger partial charge in [-0.3, -0.25) is 0 Å². The molecule has 0 bridgehead atoms. The van der Waals surface area contributed by atoms with Crippen LogP contribution in [0.2, 0.25) is 0 Å². The van der Waals surface area contributed by atoms with Crippen molar-refractivity contribution in [3.8, 4) is 0 Å². The molecule has 12 nitrogen and oxygen atoms in total. The van der Waals surface area contributed by atoms with Gasteiger partial charge in [-0.05, 0) is 0 Å². The molecule has 0 aliphatic rings. The smallest absolute Gasteiger partial charge is 0.854 e. The maximum atomic E-state index is 9.95. The van der Waals surface area contributed by atoms with E-state index in [2.05, 4.69) is 0 Å².